The van der Waals surface area contributed by atoms with Gasteiger partial charge in [0.05, 0.1) is 11.1 Å². The minimum absolute atomic E-state index is 0.133. The quantitative estimate of drug-likeness (QED) is 0.412. The van der Waals surface area contributed by atoms with Crippen LogP contribution in [-0.2, 0) is 0 Å². The van der Waals surface area contributed by atoms with Crippen LogP contribution in [0.3, 0.4) is 0 Å². The first kappa shape index (κ1) is 18.7. The molecule has 0 unspecified atom stereocenters. The highest BCUT2D eigenvalue weighted by Gasteiger charge is 2.18. The number of aromatic nitrogens is 1. The van der Waals surface area contributed by atoms with E-state index in [-0.39, 0.29) is 18.4 Å². The predicted octanol–water partition coefficient (Wildman–Crippen LogP) is 3.40. The Hall–Kier alpha value is -3.12. The number of benzene rings is 2. The van der Waals surface area contributed by atoms with Gasteiger partial charge < -0.3 is 4.74 Å². The van der Waals surface area contributed by atoms with E-state index in [1.807, 2.05) is 37.3 Å². The van der Waals surface area contributed by atoms with Crippen LogP contribution < -0.4 is 16.0 Å². The number of amides is 1. The van der Waals surface area contributed by atoms with Gasteiger partial charge in [-0.2, -0.15) is 0 Å². The number of aryl methyl sites for hydroxylation is 1. The third-order valence-corrected chi connectivity index (χ3v) is 4.50. The van der Waals surface area contributed by atoms with Crippen LogP contribution in [-0.4, -0.2) is 23.0 Å². The zero-order valence-electron chi connectivity index (χ0n) is 15.7. The van der Waals surface area contributed by atoms with Crippen molar-refractivity contribution in [2.24, 2.45) is 5.84 Å². The van der Waals surface area contributed by atoms with Crippen LogP contribution in [0.15, 0.2) is 48.7 Å². The fourth-order valence-corrected chi connectivity index (χ4v) is 3.10. The predicted molar refractivity (Wildman–Crippen MR) is 105 cm³/mol. The van der Waals surface area contributed by atoms with Crippen LogP contribution in [0.4, 0.5) is 0 Å². The molecule has 0 aliphatic heterocycles. The van der Waals surface area contributed by atoms with Gasteiger partial charge >= 0.3 is 0 Å². The zero-order chi connectivity index (χ0) is 19.6. The van der Waals surface area contributed by atoms with Gasteiger partial charge in [-0.05, 0) is 36.1 Å². The summed E-state index contributed by atoms with van der Waals surface area (Å²) in [6.07, 6.45) is 1.50. The van der Waals surface area contributed by atoms with E-state index in [0.717, 1.165) is 11.1 Å². The van der Waals surface area contributed by atoms with Gasteiger partial charge in [-0.25, -0.2) is 5.84 Å². The summed E-state index contributed by atoms with van der Waals surface area (Å²) in [5.41, 5.74) is 5.21. The first-order chi connectivity index (χ1) is 12.9. The number of ether oxygens (including phenoxy) is 1. The van der Waals surface area contributed by atoms with E-state index >= 15 is 0 Å². The van der Waals surface area contributed by atoms with Crippen molar-refractivity contribution >= 4 is 22.7 Å². The summed E-state index contributed by atoms with van der Waals surface area (Å²) >= 11 is 0. The van der Waals surface area contributed by atoms with E-state index in [9.17, 15) is 9.59 Å². The van der Waals surface area contributed by atoms with E-state index < -0.39 is 5.91 Å². The van der Waals surface area contributed by atoms with E-state index in [2.05, 4.69) is 19.3 Å². The average molecular weight is 365 g/mol. The Morgan fingerprint density at radius 1 is 1.19 bits per heavy atom. The summed E-state index contributed by atoms with van der Waals surface area (Å²) in [6, 6.07) is 13.2. The van der Waals surface area contributed by atoms with E-state index in [0.29, 0.717) is 22.2 Å². The van der Waals surface area contributed by atoms with Crippen LogP contribution in [0.1, 0.15) is 46.0 Å². The Morgan fingerprint density at radius 3 is 2.63 bits per heavy atom. The highest BCUT2D eigenvalue weighted by atomic mass is 16.5. The molecule has 6 heteroatoms. The van der Waals surface area contributed by atoms with Gasteiger partial charge in [0.25, 0.3) is 11.8 Å². The number of nitrogens with two attached hydrogens (primary N) is 1. The maximum absolute atomic E-state index is 12.8. The highest BCUT2D eigenvalue weighted by Crippen LogP contribution is 2.28. The molecule has 0 saturated heterocycles. The second kappa shape index (κ2) is 7.63. The molecule has 140 valence electrons. The Morgan fingerprint density at radius 2 is 1.93 bits per heavy atom. The van der Waals surface area contributed by atoms with Gasteiger partial charge in [0, 0.05) is 11.6 Å². The van der Waals surface area contributed by atoms with Crippen LogP contribution in [0.2, 0.25) is 0 Å². The lowest BCUT2D eigenvalue weighted by Gasteiger charge is -2.14. The van der Waals surface area contributed by atoms with Gasteiger partial charge in [-0.1, -0.05) is 44.2 Å². The lowest BCUT2D eigenvalue weighted by molar-refractivity contribution is 0.0842. The molecule has 0 aliphatic carbocycles. The minimum atomic E-state index is -0.445. The molecule has 2 aromatic carbocycles. The largest absolute Gasteiger partial charge is 0.483 e. The molecule has 1 aromatic heterocycles. The van der Waals surface area contributed by atoms with Gasteiger partial charge in [0.1, 0.15) is 5.75 Å². The lowest BCUT2D eigenvalue weighted by Crippen LogP contribution is -2.29. The summed E-state index contributed by atoms with van der Waals surface area (Å²) in [7, 11) is 0. The molecule has 1 amide bonds. The first-order valence-electron chi connectivity index (χ1n) is 8.80. The van der Waals surface area contributed by atoms with Gasteiger partial charge in [-0.3, -0.25) is 19.6 Å². The lowest BCUT2D eigenvalue weighted by atomic mass is 10.0. The molecule has 0 bridgehead atoms. The molecule has 6 nitrogen and oxygen atoms in total. The average Bonchev–Trinajstić information content (AvgIpc) is 3.05. The van der Waals surface area contributed by atoms with Gasteiger partial charge in [0.15, 0.2) is 6.61 Å². The number of nitrogens with one attached hydrogen (secondary N) is 1. The second-order valence-electron chi connectivity index (χ2n) is 6.78. The fourth-order valence-electron chi connectivity index (χ4n) is 3.10. The highest BCUT2D eigenvalue weighted by molar-refractivity contribution is 6.09. The molecule has 3 rings (SSSR count). The van der Waals surface area contributed by atoms with Crippen molar-refractivity contribution in [3.63, 3.8) is 0 Å². The van der Waals surface area contributed by atoms with Crippen LogP contribution in [0.5, 0.6) is 5.75 Å². The topological polar surface area (TPSA) is 86.3 Å². The molecular weight excluding hydrogens is 342 g/mol. The maximum atomic E-state index is 12.8. The summed E-state index contributed by atoms with van der Waals surface area (Å²) in [4.78, 5) is 24.8. The molecule has 27 heavy (non-hydrogen) atoms. The standard InChI is InChI=1S/C21H23N3O3/c1-13(2)15-9-8-14(3)10-19(15)27-12-20(25)24-11-17(21(26)23-22)16-6-4-5-7-18(16)24/h4-11,13H,12,22H2,1-3H3,(H,23,26). The molecule has 0 spiro atoms. The zero-order valence-corrected chi connectivity index (χ0v) is 15.7. The van der Waals surface area contributed by atoms with Crippen molar-refractivity contribution in [2.45, 2.75) is 26.7 Å². The normalized spacial score (nSPS) is 11.0. The molecule has 1 heterocycles. The summed E-state index contributed by atoms with van der Waals surface area (Å²) in [5.74, 6) is 5.53. The SMILES string of the molecule is Cc1ccc(C(C)C)c(OCC(=O)n2cc(C(=O)NN)c3ccccc32)c1. The number of nitrogen functional groups attached to an aromatic ring is 1. The first-order valence-corrected chi connectivity index (χ1v) is 8.80. The Balaban J connectivity index is 1.90. The molecule has 0 aliphatic rings. The number of carbonyl (C=O) groups excluding carboxylic acids is 2. The summed E-state index contributed by atoms with van der Waals surface area (Å²) in [6.45, 7) is 6.01. The third-order valence-electron chi connectivity index (χ3n) is 4.50. The van der Waals surface area contributed by atoms with Crippen LogP contribution in [0, 0.1) is 6.92 Å². The van der Waals surface area contributed by atoms with E-state index in [4.69, 9.17) is 10.6 Å². The Bertz CT molecular complexity index is 1010. The van der Waals surface area contributed by atoms with Gasteiger partial charge in [-0.15, -0.1) is 0 Å². The third kappa shape index (κ3) is 3.71. The van der Waals surface area contributed by atoms with Crippen LogP contribution in [0.25, 0.3) is 10.9 Å². The molecule has 0 saturated carbocycles. The second-order valence-corrected chi connectivity index (χ2v) is 6.78. The monoisotopic (exact) mass is 365 g/mol. The number of para-hydroxylation sites is 1. The number of nitrogens with zero attached hydrogens (tertiary/aromatic N) is 1. The molecule has 0 atom stereocenters. The number of carbonyl (C=O) groups is 2. The molecule has 0 fully saturated rings. The number of hydrogen-bond donors (Lipinski definition) is 2. The van der Waals surface area contributed by atoms with Crippen molar-refractivity contribution in [2.75, 3.05) is 6.61 Å². The summed E-state index contributed by atoms with van der Waals surface area (Å²) < 4.78 is 7.28. The number of hydrazine groups is 1. The van der Waals surface area contributed by atoms with Crippen molar-refractivity contribution < 1.29 is 14.3 Å². The molecule has 0 radical (unpaired) electrons. The van der Waals surface area contributed by atoms with Crippen molar-refractivity contribution in [1.82, 2.24) is 9.99 Å². The summed E-state index contributed by atoms with van der Waals surface area (Å²) in [5, 5.41) is 0.659. The Labute approximate surface area is 157 Å². The smallest absolute Gasteiger partial charge is 0.269 e. The van der Waals surface area contributed by atoms with E-state index in [1.54, 1.807) is 12.1 Å². The van der Waals surface area contributed by atoms with Crippen molar-refractivity contribution in [1.29, 1.82) is 0 Å². The molecular formula is C21H23N3O3. The molecule has 3 N–H and O–H groups in total. The van der Waals surface area contributed by atoms with Crippen molar-refractivity contribution in [3.8, 4) is 5.75 Å². The molecule has 3 aromatic rings. The van der Waals surface area contributed by atoms with Crippen LogP contribution >= 0.6 is 0 Å². The number of rotatable bonds is 5. The fraction of sp³-hybridized carbons (Fsp3) is 0.238. The maximum Gasteiger partial charge on any atom is 0.269 e. The minimum Gasteiger partial charge on any atom is -0.483 e. The van der Waals surface area contributed by atoms with E-state index in [1.165, 1.54) is 10.8 Å². The Kier molecular flexibility index (Phi) is 5.28. The number of hydrogen-bond acceptors (Lipinski definition) is 4. The van der Waals surface area contributed by atoms with Crippen molar-refractivity contribution in [3.05, 3.63) is 65.4 Å². The number of fused-ring (bicyclic) bond motifs is 1. The van der Waals surface area contributed by atoms with Gasteiger partial charge in [0.2, 0.25) is 0 Å².